The second-order valence-corrected chi connectivity index (χ2v) is 5.21. The summed E-state index contributed by atoms with van der Waals surface area (Å²) in [5, 5.41) is 9.88. The van der Waals surface area contributed by atoms with Crippen molar-refractivity contribution in [1.29, 1.82) is 0 Å². The first-order valence-electron chi connectivity index (χ1n) is 5.51. The van der Waals surface area contributed by atoms with Crippen molar-refractivity contribution in [3.8, 4) is 11.1 Å². The molecule has 2 rings (SSSR count). The molecule has 0 spiro atoms. The van der Waals surface area contributed by atoms with Gasteiger partial charge in [0.2, 0.25) is 0 Å². The summed E-state index contributed by atoms with van der Waals surface area (Å²) in [6.45, 7) is 0. The molecular formula is C13H9Cl3N2O2. The van der Waals surface area contributed by atoms with Crippen LogP contribution in [-0.2, 0) is 11.2 Å². The van der Waals surface area contributed by atoms with Gasteiger partial charge in [0, 0.05) is 11.1 Å². The number of pyridine rings is 1. The number of nitrogens with two attached hydrogens (primary N) is 1. The number of rotatable bonds is 3. The van der Waals surface area contributed by atoms with E-state index in [1.54, 1.807) is 24.3 Å². The smallest absolute Gasteiger partial charge is 0.309 e. The minimum Gasteiger partial charge on any atom is -0.481 e. The van der Waals surface area contributed by atoms with Crippen LogP contribution in [0.4, 0.5) is 5.82 Å². The number of carboxylic acids is 1. The van der Waals surface area contributed by atoms with E-state index in [9.17, 15) is 4.79 Å². The van der Waals surface area contributed by atoms with Gasteiger partial charge in [0.25, 0.3) is 0 Å². The molecule has 4 nitrogen and oxygen atoms in total. The largest absolute Gasteiger partial charge is 0.481 e. The van der Waals surface area contributed by atoms with Gasteiger partial charge in [-0.2, -0.15) is 0 Å². The fourth-order valence-electron chi connectivity index (χ4n) is 1.80. The Morgan fingerprint density at radius 2 is 1.80 bits per heavy atom. The van der Waals surface area contributed by atoms with Gasteiger partial charge in [0.1, 0.15) is 5.82 Å². The van der Waals surface area contributed by atoms with Crippen LogP contribution in [0.1, 0.15) is 5.69 Å². The van der Waals surface area contributed by atoms with Crippen molar-refractivity contribution < 1.29 is 9.90 Å². The average Bonchev–Trinajstić information content (AvgIpc) is 2.36. The predicted octanol–water partition coefficient (Wildman–Crippen LogP) is 3.92. The number of hydrogen-bond acceptors (Lipinski definition) is 3. The molecule has 0 radical (unpaired) electrons. The third kappa shape index (κ3) is 2.98. The lowest BCUT2D eigenvalue weighted by atomic mass is 10.0. The molecule has 0 aliphatic carbocycles. The second-order valence-electron chi connectivity index (χ2n) is 4.02. The Balaban J connectivity index is 2.69. The van der Waals surface area contributed by atoms with E-state index in [-0.39, 0.29) is 23.0 Å². The average molecular weight is 332 g/mol. The van der Waals surface area contributed by atoms with E-state index in [1.165, 1.54) is 0 Å². The molecule has 0 aliphatic heterocycles. The molecule has 0 aliphatic rings. The molecule has 20 heavy (non-hydrogen) atoms. The molecular weight excluding hydrogens is 323 g/mol. The SMILES string of the molecule is Nc1ccc(-c2c(Cl)ccc(Cl)c2Cl)c(CC(=O)O)n1. The molecule has 1 heterocycles. The molecule has 0 atom stereocenters. The summed E-state index contributed by atoms with van der Waals surface area (Å²) < 4.78 is 0. The minimum atomic E-state index is -1.03. The maximum atomic E-state index is 10.9. The molecule has 0 amide bonds. The Morgan fingerprint density at radius 3 is 2.45 bits per heavy atom. The summed E-state index contributed by atoms with van der Waals surface area (Å²) >= 11 is 18.3. The Morgan fingerprint density at radius 1 is 1.15 bits per heavy atom. The summed E-state index contributed by atoms with van der Waals surface area (Å²) in [5.41, 5.74) is 6.82. The van der Waals surface area contributed by atoms with E-state index in [0.29, 0.717) is 21.2 Å². The zero-order valence-corrected chi connectivity index (χ0v) is 12.3. The number of halogens is 3. The van der Waals surface area contributed by atoms with Crippen LogP contribution < -0.4 is 5.73 Å². The molecule has 1 aromatic heterocycles. The summed E-state index contributed by atoms with van der Waals surface area (Å²) in [6, 6.07) is 6.33. The summed E-state index contributed by atoms with van der Waals surface area (Å²) in [6.07, 6.45) is -0.292. The number of anilines is 1. The van der Waals surface area contributed by atoms with Gasteiger partial charge in [-0.05, 0) is 24.3 Å². The van der Waals surface area contributed by atoms with Gasteiger partial charge >= 0.3 is 5.97 Å². The predicted molar refractivity (Wildman–Crippen MR) is 80.5 cm³/mol. The number of aliphatic carboxylic acids is 1. The van der Waals surface area contributed by atoms with E-state index >= 15 is 0 Å². The zero-order chi connectivity index (χ0) is 14.9. The van der Waals surface area contributed by atoms with Gasteiger partial charge in [0.15, 0.2) is 0 Å². The Hall–Kier alpha value is -1.49. The monoisotopic (exact) mass is 330 g/mol. The summed E-state index contributed by atoms with van der Waals surface area (Å²) in [5.74, 6) is -0.808. The normalized spacial score (nSPS) is 10.6. The van der Waals surface area contributed by atoms with Crippen molar-refractivity contribution in [3.63, 3.8) is 0 Å². The van der Waals surface area contributed by atoms with Gasteiger partial charge in [-0.3, -0.25) is 4.79 Å². The quantitative estimate of drug-likeness (QED) is 0.836. The number of benzene rings is 1. The highest BCUT2D eigenvalue weighted by Gasteiger charge is 2.17. The summed E-state index contributed by atoms with van der Waals surface area (Å²) in [4.78, 5) is 15.0. The number of carbonyl (C=O) groups is 1. The van der Waals surface area contributed by atoms with Crippen LogP contribution in [0, 0.1) is 0 Å². The third-order valence-electron chi connectivity index (χ3n) is 2.63. The Kier molecular flexibility index (Phi) is 4.38. The van der Waals surface area contributed by atoms with E-state index in [1.807, 2.05) is 0 Å². The summed E-state index contributed by atoms with van der Waals surface area (Å²) in [7, 11) is 0. The maximum Gasteiger partial charge on any atom is 0.309 e. The lowest BCUT2D eigenvalue weighted by Gasteiger charge is -2.12. The van der Waals surface area contributed by atoms with Gasteiger partial charge in [-0.15, -0.1) is 0 Å². The fraction of sp³-hybridized carbons (Fsp3) is 0.0769. The van der Waals surface area contributed by atoms with Crippen LogP contribution in [0.2, 0.25) is 15.1 Å². The molecule has 3 N–H and O–H groups in total. The highest BCUT2D eigenvalue weighted by molar-refractivity contribution is 6.46. The molecule has 2 aromatic rings. The maximum absolute atomic E-state index is 10.9. The van der Waals surface area contributed by atoms with Crippen LogP contribution >= 0.6 is 34.8 Å². The molecule has 104 valence electrons. The standard InChI is InChI=1S/C13H9Cl3N2O2/c14-7-2-3-8(15)13(16)12(7)6-1-4-10(17)18-9(6)5-11(19)20/h1-4H,5H2,(H2,17,18)(H,19,20). The molecule has 0 fully saturated rings. The number of nitrogen functional groups attached to an aromatic ring is 1. The zero-order valence-electron chi connectivity index (χ0n) is 10.0. The second kappa shape index (κ2) is 5.87. The van der Waals surface area contributed by atoms with Gasteiger partial charge in [0.05, 0.1) is 27.2 Å². The third-order valence-corrected chi connectivity index (χ3v) is 3.75. The van der Waals surface area contributed by atoms with E-state index in [2.05, 4.69) is 4.98 Å². The lowest BCUT2D eigenvalue weighted by Crippen LogP contribution is -2.06. The van der Waals surface area contributed by atoms with E-state index in [0.717, 1.165) is 0 Å². The Bertz CT molecular complexity index is 690. The van der Waals surface area contributed by atoms with Crippen LogP contribution in [0.15, 0.2) is 24.3 Å². The number of carboxylic acid groups (broad SMARTS) is 1. The van der Waals surface area contributed by atoms with Crippen molar-refractivity contribution in [2.24, 2.45) is 0 Å². The van der Waals surface area contributed by atoms with E-state index in [4.69, 9.17) is 45.6 Å². The molecule has 0 unspecified atom stereocenters. The topological polar surface area (TPSA) is 76.2 Å². The van der Waals surface area contributed by atoms with Crippen molar-refractivity contribution in [2.75, 3.05) is 5.73 Å². The molecule has 0 saturated carbocycles. The van der Waals surface area contributed by atoms with Crippen LogP contribution in [0.25, 0.3) is 11.1 Å². The highest BCUT2D eigenvalue weighted by atomic mass is 35.5. The van der Waals surface area contributed by atoms with Gasteiger partial charge < -0.3 is 10.8 Å². The first kappa shape index (κ1) is 14.9. The molecule has 1 aromatic carbocycles. The lowest BCUT2D eigenvalue weighted by molar-refractivity contribution is -0.136. The van der Waals surface area contributed by atoms with Crippen LogP contribution in [0.5, 0.6) is 0 Å². The van der Waals surface area contributed by atoms with Crippen molar-refractivity contribution in [1.82, 2.24) is 4.98 Å². The highest BCUT2D eigenvalue weighted by Crippen LogP contribution is 2.40. The van der Waals surface area contributed by atoms with Gasteiger partial charge in [-0.25, -0.2) is 4.98 Å². The first-order valence-corrected chi connectivity index (χ1v) is 6.64. The molecule has 7 heteroatoms. The number of aromatic nitrogens is 1. The fourth-order valence-corrected chi connectivity index (χ4v) is 2.53. The number of nitrogens with zero attached hydrogens (tertiary/aromatic N) is 1. The van der Waals surface area contributed by atoms with Crippen molar-refractivity contribution >= 4 is 46.6 Å². The van der Waals surface area contributed by atoms with Gasteiger partial charge in [-0.1, -0.05) is 34.8 Å². The minimum absolute atomic E-state index is 0.222. The first-order chi connectivity index (χ1) is 9.40. The molecule has 0 saturated heterocycles. The number of hydrogen-bond donors (Lipinski definition) is 2. The van der Waals surface area contributed by atoms with Crippen LogP contribution in [0.3, 0.4) is 0 Å². The van der Waals surface area contributed by atoms with E-state index < -0.39 is 5.97 Å². The van der Waals surface area contributed by atoms with Crippen molar-refractivity contribution in [2.45, 2.75) is 6.42 Å². The van der Waals surface area contributed by atoms with Crippen molar-refractivity contribution in [3.05, 3.63) is 45.0 Å². The molecule has 0 bridgehead atoms. The Labute approximate surface area is 130 Å². The van der Waals surface area contributed by atoms with Crippen LogP contribution in [-0.4, -0.2) is 16.1 Å².